The van der Waals surface area contributed by atoms with Crippen LogP contribution in [0.3, 0.4) is 0 Å². The van der Waals surface area contributed by atoms with Crippen LogP contribution in [-0.4, -0.2) is 37.2 Å². The summed E-state index contributed by atoms with van der Waals surface area (Å²) in [7, 11) is 0. The molecule has 0 saturated carbocycles. The number of allylic oxidation sites excluding steroid dienone is 6. The Kier molecular flexibility index (Phi) is 54.2. The van der Waals surface area contributed by atoms with E-state index < -0.39 is 6.10 Å². The molecule has 0 aromatic rings. The van der Waals surface area contributed by atoms with Crippen LogP contribution in [0.2, 0.25) is 0 Å². The normalized spacial score (nSPS) is 12.2. The molecule has 6 nitrogen and oxygen atoms in total. The molecular formula is C61H112O6. The van der Waals surface area contributed by atoms with Crippen LogP contribution in [0, 0.1) is 0 Å². The average molecular weight is 942 g/mol. The number of hydrogen-bond donors (Lipinski definition) is 0. The molecule has 0 aliphatic rings. The summed E-state index contributed by atoms with van der Waals surface area (Å²) >= 11 is 0. The highest BCUT2D eigenvalue weighted by Crippen LogP contribution is 2.17. The SMILES string of the molecule is CCCC/C=C\CCCCCCCC(=O)O[C@H](COC(=O)CCCCCCCCC/C=C\C/C=C\CCCCC)COC(=O)CCCCCCCCCCCCCCCCCCCCCCC. The lowest BCUT2D eigenvalue weighted by Crippen LogP contribution is -2.30. The number of ether oxygens (including phenoxy) is 3. The third kappa shape index (κ3) is 54.4. The highest BCUT2D eigenvalue weighted by atomic mass is 16.6. The first-order valence-corrected chi connectivity index (χ1v) is 29.5. The van der Waals surface area contributed by atoms with Gasteiger partial charge >= 0.3 is 17.9 Å². The Morgan fingerprint density at radius 1 is 0.299 bits per heavy atom. The maximum atomic E-state index is 12.8. The Hall–Kier alpha value is -2.37. The van der Waals surface area contributed by atoms with Crippen LogP contribution in [-0.2, 0) is 28.6 Å². The summed E-state index contributed by atoms with van der Waals surface area (Å²) in [5.74, 6) is -0.876. The summed E-state index contributed by atoms with van der Waals surface area (Å²) in [5, 5.41) is 0. The fraction of sp³-hybridized carbons (Fsp3) is 0.852. The zero-order valence-electron chi connectivity index (χ0n) is 44.9. The second-order valence-electron chi connectivity index (χ2n) is 19.9. The molecule has 0 aliphatic heterocycles. The summed E-state index contributed by atoms with van der Waals surface area (Å²) in [6.07, 6.45) is 67.1. The fourth-order valence-corrected chi connectivity index (χ4v) is 8.63. The average Bonchev–Trinajstić information content (AvgIpc) is 3.33. The van der Waals surface area contributed by atoms with Crippen molar-refractivity contribution in [2.75, 3.05) is 13.2 Å². The van der Waals surface area contributed by atoms with Crippen molar-refractivity contribution in [3.63, 3.8) is 0 Å². The standard InChI is InChI=1S/C61H112O6/c1-4-7-10-13-16-19-22-24-26-28-29-30-31-33-35-37-40-42-45-48-51-54-60(63)66-57-58(67-61(64)55-52-49-46-43-38-21-18-15-12-9-6-3)56-65-59(62)53-50-47-44-41-39-36-34-32-27-25-23-20-17-14-11-8-5-2/h15,17-18,20,25,27,58H,4-14,16,19,21-24,26,28-57H2,1-3H3/b18-15-,20-17-,27-25-/t58-/m1/s1. The number of rotatable bonds is 54. The molecular weight excluding hydrogens is 829 g/mol. The molecule has 67 heavy (non-hydrogen) atoms. The van der Waals surface area contributed by atoms with Crippen molar-refractivity contribution in [2.45, 2.75) is 322 Å². The van der Waals surface area contributed by atoms with E-state index in [9.17, 15) is 14.4 Å². The quantitative estimate of drug-likeness (QED) is 0.0262. The van der Waals surface area contributed by atoms with Gasteiger partial charge in [-0.1, -0.05) is 263 Å². The minimum absolute atomic E-state index is 0.0746. The molecule has 0 fully saturated rings. The van der Waals surface area contributed by atoms with Gasteiger partial charge in [-0.15, -0.1) is 0 Å². The van der Waals surface area contributed by atoms with Crippen LogP contribution < -0.4 is 0 Å². The molecule has 0 bridgehead atoms. The van der Waals surface area contributed by atoms with E-state index in [-0.39, 0.29) is 31.1 Å². The summed E-state index contributed by atoms with van der Waals surface area (Å²) in [6.45, 7) is 6.61. The first-order valence-electron chi connectivity index (χ1n) is 29.5. The number of esters is 3. The molecule has 0 aliphatic carbocycles. The van der Waals surface area contributed by atoms with E-state index in [1.807, 2.05) is 0 Å². The number of hydrogen-bond acceptors (Lipinski definition) is 6. The van der Waals surface area contributed by atoms with E-state index in [2.05, 4.69) is 57.2 Å². The molecule has 0 spiro atoms. The third-order valence-electron chi connectivity index (χ3n) is 13.1. The third-order valence-corrected chi connectivity index (χ3v) is 13.1. The summed E-state index contributed by atoms with van der Waals surface area (Å²) in [4.78, 5) is 38.1. The van der Waals surface area contributed by atoms with E-state index in [1.165, 1.54) is 193 Å². The van der Waals surface area contributed by atoms with Gasteiger partial charge in [-0.3, -0.25) is 14.4 Å². The fourth-order valence-electron chi connectivity index (χ4n) is 8.63. The molecule has 0 amide bonds. The zero-order valence-corrected chi connectivity index (χ0v) is 44.9. The maximum Gasteiger partial charge on any atom is 0.306 e. The van der Waals surface area contributed by atoms with Crippen molar-refractivity contribution in [1.82, 2.24) is 0 Å². The first kappa shape index (κ1) is 64.6. The van der Waals surface area contributed by atoms with Crippen molar-refractivity contribution in [3.8, 4) is 0 Å². The van der Waals surface area contributed by atoms with Crippen molar-refractivity contribution < 1.29 is 28.6 Å². The van der Waals surface area contributed by atoms with Gasteiger partial charge in [0.05, 0.1) is 0 Å². The van der Waals surface area contributed by atoms with Crippen LogP contribution in [0.1, 0.15) is 316 Å². The van der Waals surface area contributed by atoms with Gasteiger partial charge in [0.25, 0.3) is 0 Å². The highest BCUT2D eigenvalue weighted by Gasteiger charge is 2.19. The highest BCUT2D eigenvalue weighted by molar-refractivity contribution is 5.71. The Morgan fingerprint density at radius 3 is 0.910 bits per heavy atom. The molecule has 0 unspecified atom stereocenters. The van der Waals surface area contributed by atoms with E-state index in [1.54, 1.807) is 0 Å². The number of carbonyl (C=O) groups is 3. The predicted molar refractivity (Wildman–Crippen MR) is 289 cm³/mol. The second-order valence-corrected chi connectivity index (χ2v) is 19.9. The molecule has 0 heterocycles. The van der Waals surface area contributed by atoms with Gasteiger partial charge in [0.1, 0.15) is 13.2 Å². The van der Waals surface area contributed by atoms with Gasteiger partial charge in [-0.2, -0.15) is 0 Å². The van der Waals surface area contributed by atoms with Crippen LogP contribution in [0.5, 0.6) is 0 Å². The molecule has 6 heteroatoms. The van der Waals surface area contributed by atoms with Gasteiger partial charge in [0.2, 0.25) is 0 Å². The smallest absolute Gasteiger partial charge is 0.306 e. The zero-order chi connectivity index (χ0) is 48.6. The molecule has 392 valence electrons. The topological polar surface area (TPSA) is 78.9 Å². The van der Waals surface area contributed by atoms with Crippen LogP contribution in [0.4, 0.5) is 0 Å². The van der Waals surface area contributed by atoms with Gasteiger partial charge < -0.3 is 14.2 Å². The molecule has 0 N–H and O–H groups in total. The van der Waals surface area contributed by atoms with Crippen molar-refractivity contribution in [2.24, 2.45) is 0 Å². The van der Waals surface area contributed by atoms with Gasteiger partial charge in [-0.25, -0.2) is 0 Å². The van der Waals surface area contributed by atoms with E-state index in [0.29, 0.717) is 19.3 Å². The van der Waals surface area contributed by atoms with Gasteiger partial charge in [-0.05, 0) is 70.6 Å². The summed E-state index contributed by atoms with van der Waals surface area (Å²) in [6, 6.07) is 0. The van der Waals surface area contributed by atoms with E-state index in [0.717, 1.165) is 83.5 Å². The van der Waals surface area contributed by atoms with Crippen molar-refractivity contribution >= 4 is 17.9 Å². The Labute approximate surface area is 416 Å². The minimum atomic E-state index is -0.776. The lowest BCUT2D eigenvalue weighted by Gasteiger charge is -2.18. The van der Waals surface area contributed by atoms with Crippen LogP contribution in [0.15, 0.2) is 36.5 Å². The van der Waals surface area contributed by atoms with Gasteiger partial charge in [0.15, 0.2) is 6.10 Å². The minimum Gasteiger partial charge on any atom is -0.462 e. The first-order chi connectivity index (χ1) is 33.0. The van der Waals surface area contributed by atoms with E-state index >= 15 is 0 Å². The van der Waals surface area contributed by atoms with Crippen LogP contribution >= 0.6 is 0 Å². The summed E-state index contributed by atoms with van der Waals surface area (Å²) in [5.41, 5.74) is 0. The lowest BCUT2D eigenvalue weighted by molar-refractivity contribution is -0.167. The second kappa shape index (κ2) is 56.2. The largest absolute Gasteiger partial charge is 0.462 e. The molecule has 0 aromatic heterocycles. The maximum absolute atomic E-state index is 12.8. The predicted octanol–water partition coefficient (Wildman–Crippen LogP) is 19.7. The summed E-state index contributed by atoms with van der Waals surface area (Å²) < 4.78 is 16.9. The Bertz CT molecular complexity index is 1130. The van der Waals surface area contributed by atoms with Gasteiger partial charge in [0, 0.05) is 19.3 Å². The van der Waals surface area contributed by atoms with Crippen molar-refractivity contribution in [3.05, 3.63) is 36.5 Å². The Morgan fingerprint density at radius 2 is 0.552 bits per heavy atom. The van der Waals surface area contributed by atoms with Crippen molar-refractivity contribution in [1.29, 1.82) is 0 Å². The van der Waals surface area contributed by atoms with Crippen LogP contribution in [0.25, 0.3) is 0 Å². The monoisotopic (exact) mass is 941 g/mol. The van der Waals surface area contributed by atoms with E-state index in [4.69, 9.17) is 14.2 Å². The molecule has 0 rings (SSSR count). The Balaban J connectivity index is 4.25. The molecule has 1 atom stereocenters. The number of carbonyl (C=O) groups excluding carboxylic acids is 3. The molecule has 0 radical (unpaired) electrons. The molecule has 0 aromatic carbocycles. The number of unbranched alkanes of at least 4 members (excludes halogenated alkanes) is 37. The lowest BCUT2D eigenvalue weighted by atomic mass is 10.0. The molecule has 0 saturated heterocycles.